The SMILES string of the molecule is Cc1ccccc1OCC(=O)N1C[C@@H](CN2CCCCC2)[C@@H](CO)C1. The summed E-state index contributed by atoms with van der Waals surface area (Å²) < 4.78 is 5.70. The zero-order chi connectivity index (χ0) is 17.6. The molecular weight excluding hydrogens is 316 g/mol. The fourth-order valence-electron chi connectivity index (χ4n) is 3.98. The summed E-state index contributed by atoms with van der Waals surface area (Å²) in [6.45, 7) is 6.88. The number of likely N-dealkylation sites (tertiary alicyclic amines) is 2. The number of benzene rings is 1. The first-order valence-corrected chi connectivity index (χ1v) is 9.47. The Labute approximate surface area is 150 Å². The van der Waals surface area contributed by atoms with Crippen molar-refractivity contribution in [3.63, 3.8) is 0 Å². The van der Waals surface area contributed by atoms with Crippen LogP contribution in [0.5, 0.6) is 5.75 Å². The molecule has 2 atom stereocenters. The van der Waals surface area contributed by atoms with Crippen LogP contribution in [0.15, 0.2) is 24.3 Å². The van der Waals surface area contributed by atoms with E-state index in [2.05, 4.69) is 4.90 Å². The van der Waals surface area contributed by atoms with E-state index in [-0.39, 0.29) is 25.0 Å². The van der Waals surface area contributed by atoms with E-state index >= 15 is 0 Å². The normalized spacial score (nSPS) is 24.5. The maximum atomic E-state index is 12.5. The van der Waals surface area contributed by atoms with Gasteiger partial charge in [-0.05, 0) is 50.4 Å². The summed E-state index contributed by atoms with van der Waals surface area (Å²) in [7, 11) is 0. The van der Waals surface area contributed by atoms with Crippen molar-refractivity contribution in [2.24, 2.45) is 11.8 Å². The average Bonchev–Trinajstić information content (AvgIpc) is 3.04. The van der Waals surface area contributed by atoms with Crippen LogP contribution in [0.4, 0.5) is 0 Å². The van der Waals surface area contributed by atoms with Gasteiger partial charge in [-0.25, -0.2) is 0 Å². The van der Waals surface area contributed by atoms with Crippen LogP contribution in [0, 0.1) is 18.8 Å². The number of piperidine rings is 1. The highest BCUT2D eigenvalue weighted by Crippen LogP contribution is 2.26. The van der Waals surface area contributed by atoms with Gasteiger partial charge in [0.1, 0.15) is 5.75 Å². The summed E-state index contributed by atoms with van der Waals surface area (Å²) in [5.41, 5.74) is 1.04. The van der Waals surface area contributed by atoms with E-state index in [1.165, 1.54) is 19.3 Å². The maximum absolute atomic E-state index is 12.5. The average molecular weight is 346 g/mol. The first-order chi connectivity index (χ1) is 12.2. The molecule has 2 aliphatic rings. The van der Waals surface area contributed by atoms with Gasteiger partial charge in [0.2, 0.25) is 0 Å². The second-order valence-electron chi connectivity index (χ2n) is 7.42. The van der Waals surface area contributed by atoms with Crippen LogP contribution in [-0.2, 0) is 4.79 Å². The van der Waals surface area contributed by atoms with Crippen molar-refractivity contribution in [1.29, 1.82) is 0 Å². The summed E-state index contributed by atoms with van der Waals surface area (Å²) in [6, 6.07) is 7.75. The first kappa shape index (κ1) is 18.2. The molecule has 138 valence electrons. The van der Waals surface area contributed by atoms with Crippen molar-refractivity contribution in [1.82, 2.24) is 9.80 Å². The lowest BCUT2D eigenvalue weighted by atomic mass is 9.95. The zero-order valence-corrected chi connectivity index (χ0v) is 15.2. The number of nitrogens with zero attached hydrogens (tertiary/aromatic N) is 2. The highest BCUT2D eigenvalue weighted by atomic mass is 16.5. The molecule has 0 saturated carbocycles. The first-order valence-electron chi connectivity index (χ1n) is 9.47. The summed E-state index contributed by atoms with van der Waals surface area (Å²) in [6.07, 6.45) is 3.86. The van der Waals surface area contributed by atoms with Crippen LogP contribution < -0.4 is 4.74 Å². The third-order valence-corrected chi connectivity index (χ3v) is 5.55. The molecule has 1 aromatic carbocycles. The Hall–Kier alpha value is -1.59. The van der Waals surface area contributed by atoms with Crippen molar-refractivity contribution in [3.8, 4) is 5.75 Å². The number of aliphatic hydroxyl groups is 1. The van der Waals surface area contributed by atoms with Crippen LogP contribution in [0.25, 0.3) is 0 Å². The number of aryl methyl sites for hydroxylation is 1. The van der Waals surface area contributed by atoms with Gasteiger partial charge >= 0.3 is 0 Å². The predicted molar refractivity (Wildman–Crippen MR) is 97.6 cm³/mol. The van der Waals surface area contributed by atoms with E-state index in [0.717, 1.165) is 37.5 Å². The minimum atomic E-state index is 0.0165. The van der Waals surface area contributed by atoms with Gasteiger partial charge in [-0.2, -0.15) is 0 Å². The summed E-state index contributed by atoms with van der Waals surface area (Å²) in [4.78, 5) is 16.9. The molecule has 0 spiro atoms. The minimum absolute atomic E-state index is 0.0165. The highest BCUT2D eigenvalue weighted by molar-refractivity contribution is 5.78. The smallest absolute Gasteiger partial charge is 0.260 e. The Morgan fingerprint density at radius 2 is 1.88 bits per heavy atom. The molecule has 2 saturated heterocycles. The number of ether oxygens (including phenoxy) is 1. The number of carbonyl (C=O) groups is 1. The molecule has 0 aliphatic carbocycles. The molecule has 3 rings (SSSR count). The van der Waals surface area contributed by atoms with Crippen molar-refractivity contribution in [3.05, 3.63) is 29.8 Å². The van der Waals surface area contributed by atoms with Crippen LogP contribution in [0.2, 0.25) is 0 Å². The third kappa shape index (κ3) is 4.73. The fraction of sp³-hybridized carbons (Fsp3) is 0.650. The number of hydrogen-bond acceptors (Lipinski definition) is 4. The van der Waals surface area contributed by atoms with Crippen molar-refractivity contribution in [2.75, 3.05) is 45.9 Å². The zero-order valence-electron chi connectivity index (χ0n) is 15.2. The van der Waals surface area contributed by atoms with Gasteiger partial charge in [0, 0.05) is 32.2 Å². The monoisotopic (exact) mass is 346 g/mol. The number of amides is 1. The van der Waals surface area contributed by atoms with E-state index in [1.807, 2.05) is 36.1 Å². The van der Waals surface area contributed by atoms with Crippen molar-refractivity contribution in [2.45, 2.75) is 26.2 Å². The van der Waals surface area contributed by atoms with E-state index < -0.39 is 0 Å². The number of hydrogen-bond donors (Lipinski definition) is 1. The lowest BCUT2D eigenvalue weighted by Crippen LogP contribution is -2.38. The second-order valence-corrected chi connectivity index (χ2v) is 7.42. The summed E-state index contributed by atoms with van der Waals surface area (Å²) in [5.74, 6) is 1.33. The molecule has 0 radical (unpaired) electrons. The summed E-state index contributed by atoms with van der Waals surface area (Å²) in [5, 5.41) is 9.72. The lowest BCUT2D eigenvalue weighted by molar-refractivity contribution is -0.132. The minimum Gasteiger partial charge on any atom is -0.484 e. The molecule has 1 amide bonds. The molecule has 25 heavy (non-hydrogen) atoms. The highest BCUT2D eigenvalue weighted by Gasteiger charge is 2.35. The van der Waals surface area contributed by atoms with Gasteiger partial charge in [-0.1, -0.05) is 24.6 Å². The Morgan fingerprint density at radius 1 is 1.16 bits per heavy atom. The third-order valence-electron chi connectivity index (χ3n) is 5.55. The van der Waals surface area contributed by atoms with Crippen LogP contribution in [-0.4, -0.2) is 66.8 Å². The Bertz CT molecular complexity index is 572. The molecule has 1 aromatic rings. The van der Waals surface area contributed by atoms with Gasteiger partial charge in [0.05, 0.1) is 0 Å². The quantitative estimate of drug-likeness (QED) is 0.855. The molecule has 0 bridgehead atoms. The summed E-state index contributed by atoms with van der Waals surface area (Å²) >= 11 is 0. The van der Waals surface area contributed by atoms with Gasteiger partial charge in [0.25, 0.3) is 5.91 Å². The Balaban J connectivity index is 1.52. The fourth-order valence-corrected chi connectivity index (χ4v) is 3.98. The molecule has 2 fully saturated rings. The van der Waals surface area contributed by atoms with Gasteiger partial charge < -0.3 is 19.6 Å². The number of carbonyl (C=O) groups excluding carboxylic acids is 1. The molecule has 5 nitrogen and oxygen atoms in total. The molecule has 2 heterocycles. The van der Waals surface area contributed by atoms with E-state index in [9.17, 15) is 9.90 Å². The van der Waals surface area contributed by atoms with Crippen LogP contribution >= 0.6 is 0 Å². The standard InChI is InChI=1S/C20H30N2O3/c1-16-7-3-4-8-19(16)25-15-20(24)22-12-17(18(13-22)14-23)11-21-9-5-2-6-10-21/h3-4,7-8,17-18,23H,2,5-6,9-15H2,1H3/t17-,18-/m1/s1. The number of para-hydroxylation sites is 1. The van der Waals surface area contributed by atoms with Crippen LogP contribution in [0.1, 0.15) is 24.8 Å². The Kier molecular flexibility index (Phi) is 6.32. The molecular formula is C20H30N2O3. The maximum Gasteiger partial charge on any atom is 0.260 e. The van der Waals surface area contributed by atoms with E-state index in [0.29, 0.717) is 12.5 Å². The largest absolute Gasteiger partial charge is 0.484 e. The molecule has 0 aromatic heterocycles. The van der Waals surface area contributed by atoms with Crippen molar-refractivity contribution < 1.29 is 14.6 Å². The van der Waals surface area contributed by atoms with Gasteiger partial charge in [-0.15, -0.1) is 0 Å². The molecule has 1 N–H and O–H groups in total. The van der Waals surface area contributed by atoms with Crippen molar-refractivity contribution >= 4 is 5.91 Å². The predicted octanol–water partition coefficient (Wildman–Crippen LogP) is 1.93. The van der Waals surface area contributed by atoms with Crippen LogP contribution in [0.3, 0.4) is 0 Å². The molecule has 5 heteroatoms. The Morgan fingerprint density at radius 3 is 2.60 bits per heavy atom. The van der Waals surface area contributed by atoms with Gasteiger partial charge in [0.15, 0.2) is 6.61 Å². The molecule has 0 unspecified atom stereocenters. The topological polar surface area (TPSA) is 53.0 Å². The number of rotatable bonds is 6. The second kappa shape index (κ2) is 8.68. The molecule has 2 aliphatic heterocycles. The van der Waals surface area contributed by atoms with Gasteiger partial charge in [-0.3, -0.25) is 4.79 Å². The number of aliphatic hydroxyl groups excluding tert-OH is 1. The van der Waals surface area contributed by atoms with E-state index in [1.54, 1.807) is 0 Å². The van der Waals surface area contributed by atoms with E-state index in [4.69, 9.17) is 4.74 Å². The lowest BCUT2D eigenvalue weighted by Gasteiger charge is -2.30.